The summed E-state index contributed by atoms with van der Waals surface area (Å²) in [5.74, 6) is 0.146. The van der Waals surface area contributed by atoms with E-state index >= 15 is 0 Å². The topological polar surface area (TPSA) is 84.4 Å². The third kappa shape index (κ3) is 3.41. The summed E-state index contributed by atoms with van der Waals surface area (Å²) in [5.41, 5.74) is 9.98. The molecule has 0 atom stereocenters. The molecule has 0 bridgehead atoms. The van der Waals surface area contributed by atoms with Crippen molar-refractivity contribution in [2.24, 2.45) is 5.73 Å². The van der Waals surface area contributed by atoms with Gasteiger partial charge in [0, 0.05) is 25.3 Å². The summed E-state index contributed by atoms with van der Waals surface area (Å²) in [6, 6.07) is 13.9. The molecular formula is C20H21N4O2. The summed E-state index contributed by atoms with van der Waals surface area (Å²) >= 11 is 0. The largest absolute Gasteiger partial charge is 0.423 e. The summed E-state index contributed by atoms with van der Waals surface area (Å²) in [5, 5.41) is 3.18. The summed E-state index contributed by atoms with van der Waals surface area (Å²) in [6.45, 7) is 2.00. The fourth-order valence-electron chi connectivity index (χ4n) is 3.17. The van der Waals surface area contributed by atoms with Crippen LogP contribution in [-0.4, -0.2) is 28.9 Å². The van der Waals surface area contributed by atoms with Crippen molar-refractivity contribution in [3.05, 3.63) is 60.0 Å². The van der Waals surface area contributed by atoms with E-state index in [9.17, 15) is 4.79 Å². The van der Waals surface area contributed by atoms with E-state index in [2.05, 4.69) is 16.7 Å². The number of rotatable bonds is 5. The van der Waals surface area contributed by atoms with E-state index in [-0.39, 0.29) is 5.91 Å². The Morgan fingerprint density at radius 2 is 2.15 bits per heavy atom. The molecule has 26 heavy (non-hydrogen) atoms. The quantitative estimate of drug-likeness (QED) is 0.740. The predicted octanol–water partition coefficient (Wildman–Crippen LogP) is 3.01. The molecule has 1 aliphatic heterocycles. The van der Waals surface area contributed by atoms with Gasteiger partial charge in [-0.1, -0.05) is 24.3 Å². The highest BCUT2D eigenvalue weighted by molar-refractivity contribution is 5.82. The molecule has 1 fully saturated rings. The van der Waals surface area contributed by atoms with E-state index < -0.39 is 0 Å². The second-order valence-electron chi connectivity index (χ2n) is 6.40. The highest BCUT2D eigenvalue weighted by atomic mass is 16.4. The highest BCUT2D eigenvalue weighted by Crippen LogP contribution is 2.25. The van der Waals surface area contributed by atoms with Crippen molar-refractivity contribution in [2.45, 2.75) is 19.4 Å². The lowest BCUT2D eigenvalue weighted by Crippen LogP contribution is -2.29. The number of nitrogens with zero attached hydrogens (tertiary/aromatic N) is 2. The molecule has 0 saturated carbocycles. The molecule has 3 N–H and O–H groups in total. The fourth-order valence-corrected chi connectivity index (χ4v) is 3.17. The molecule has 0 spiro atoms. The van der Waals surface area contributed by atoms with Gasteiger partial charge in [-0.05, 0) is 42.2 Å². The maximum absolute atomic E-state index is 12.3. The van der Waals surface area contributed by atoms with Crippen LogP contribution in [0.15, 0.2) is 46.9 Å². The minimum atomic E-state index is 0.146. The molecule has 133 valence electrons. The molecule has 6 heteroatoms. The zero-order valence-electron chi connectivity index (χ0n) is 14.4. The van der Waals surface area contributed by atoms with Gasteiger partial charge < -0.3 is 20.4 Å². The maximum atomic E-state index is 12.3. The number of para-hydroxylation sites is 1. The molecule has 0 aliphatic carbocycles. The van der Waals surface area contributed by atoms with E-state index in [0.717, 1.165) is 41.8 Å². The van der Waals surface area contributed by atoms with Gasteiger partial charge in [-0.2, -0.15) is 4.98 Å². The third-order valence-corrected chi connectivity index (χ3v) is 4.59. The first-order valence-corrected chi connectivity index (χ1v) is 8.77. The number of amides is 1. The number of hydrogen-bond donors (Lipinski definition) is 2. The van der Waals surface area contributed by atoms with Gasteiger partial charge in [0.2, 0.25) is 5.91 Å². The number of nitrogens with one attached hydrogen (secondary N) is 1. The first-order valence-electron chi connectivity index (χ1n) is 8.77. The van der Waals surface area contributed by atoms with Crippen LogP contribution in [0.3, 0.4) is 0 Å². The van der Waals surface area contributed by atoms with Gasteiger partial charge in [0.25, 0.3) is 6.01 Å². The van der Waals surface area contributed by atoms with Crippen molar-refractivity contribution in [3.63, 3.8) is 0 Å². The lowest BCUT2D eigenvalue weighted by molar-refractivity contribution is -0.129. The molecule has 0 unspecified atom stereocenters. The van der Waals surface area contributed by atoms with Crippen molar-refractivity contribution in [3.8, 4) is 0 Å². The van der Waals surface area contributed by atoms with Gasteiger partial charge in [0.15, 0.2) is 5.58 Å². The Labute approximate surface area is 152 Å². The average molecular weight is 349 g/mol. The molecule has 2 heterocycles. The van der Waals surface area contributed by atoms with Crippen LogP contribution in [0.1, 0.15) is 17.5 Å². The van der Waals surface area contributed by atoms with Crippen LogP contribution in [0.25, 0.3) is 11.1 Å². The Balaban J connectivity index is 1.53. The Morgan fingerprint density at radius 1 is 1.27 bits per heavy atom. The second-order valence-corrected chi connectivity index (χ2v) is 6.40. The summed E-state index contributed by atoms with van der Waals surface area (Å²) < 4.78 is 5.83. The first-order chi connectivity index (χ1) is 12.7. The predicted molar refractivity (Wildman–Crippen MR) is 101 cm³/mol. The van der Waals surface area contributed by atoms with E-state index in [1.54, 1.807) is 0 Å². The van der Waals surface area contributed by atoms with Crippen LogP contribution >= 0.6 is 0 Å². The van der Waals surface area contributed by atoms with E-state index in [1.807, 2.05) is 47.4 Å². The molecule has 4 rings (SSSR count). The maximum Gasteiger partial charge on any atom is 0.300 e. The standard InChI is InChI=1S/C20H21N4O2/c21-13-15-5-1-2-6-16(15)22-20-23-17-8-7-14(11-18(17)26-20)12-19(25)24-9-3-4-10-24/h1-3,5-8,11H,4,9-10,12-13,21H2,(H,22,23). The molecule has 1 amide bonds. The van der Waals surface area contributed by atoms with Crippen LogP contribution < -0.4 is 11.1 Å². The summed E-state index contributed by atoms with van der Waals surface area (Å²) in [7, 11) is 0. The molecule has 3 aromatic rings. The average Bonchev–Trinajstić information content (AvgIpc) is 3.31. The van der Waals surface area contributed by atoms with Crippen molar-refractivity contribution in [1.82, 2.24) is 9.88 Å². The SMILES string of the molecule is NCc1ccccc1Nc1nc2ccc(CC(=O)N3C[CH]CC3)cc2o1. The second kappa shape index (κ2) is 7.17. The Kier molecular flexibility index (Phi) is 4.58. The van der Waals surface area contributed by atoms with Gasteiger partial charge >= 0.3 is 0 Å². The van der Waals surface area contributed by atoms with Crippen LogP contribution in [0.2, 0.25) is 0 Å². The number of fused-ring (bicyclic) bond motifs is 1. The molecule has 1 aromatic heterocycles. The summed E-state index contributed by atoms with van der Waals surface area (Å²) in [4.78, 5) is 18.6. The van der Waals surface area contributed by atoms with Crippen LogP contribution in [0.5, 0.6) is 0 Å². The number of likely N-dealkylation sites (tertiary alicyclic amines) is 1. The molecule has 1 aliphatic rings. The third-order valence-electron chi connectivity index (χ3n) is 4.59. The van der Waals surface area contributed by atoms with Crippen molar-refractivity contribution >= 4 is 28.7 Å². The van der Waals surface area contributed by atoms with Crippen molar-refractivity contribution in [1.29, 1.82) is 0 Å². The molecule has 1 radical (unpaired) electrons. The first kappa shape index (κ1) is 16.6. The van der Waals surface area contributed by atoms with Gasteiger partial charge in [-0.3, -0.25) is 4.79 Å². The monoisotopic (exact) mass is 349 g/mol. The number of hydrogen-bond acceptors (Lipinski definition) is 5. The minimum absolute atomic E-state index is 0.146. The van der Waals surface area contributed by atoms with Crippen LogP contribution in [0.4, 0.5) is 11.7 Å². The lowest BCUT2D eigenvalue weighted by atomic mass is 10.1. The smallest absolute Gasteiger partial charge is 0.300 e. The van der Waals surface area contributed by atoms with E-state index in [0.29, 0.717) is 24.6 Å². The van der Waals surface area contributed by atoms with E-state index in [4.69, 9.17) is 10.2 Å². The summed E-state index contributed by atoms with van der Waals surface area (Å²) in [6.07, 6.45) is 3.49. The van der Waals surface area contributed by atoms with Gasteiger partial charge in [-0.15, -0.1) is 0 Å². The van der Waals surface area contributed by atoms with Gasteiger partial charge in [-0.25, -0.2) is 0 Å². The van der Waals surface area contributed by atoms with Crippen molar-refractivity contribution in [2.75, 3.05) is 18.4 Å². The minimum Gasteiger partial charge on any atom is -0.423 e. The molecule has 1 saturated heterocycles. The Hall–Kier alpha value is -2.86. The van der Waals surface area contributed by atoms with Crippen LogP contribution in [0, 0.1) is 6.42 Å². The number of benzene rings is 2. The number of carbonyl (C=O) groups is 1. The van der Waals surface area contributed by atoms with Crippen molar-refractivity contribution < 1.29 is 9.21 Å². The van der Waals surface area contributed by atoms with Gasteiger partial charge in [0.05, 0.1) is 6.42 Å². The van der Waals surface area contributed by atoms with Crippen LogP contribution in [-0.2, 0) is 17.8 Å². The Bertz CT molecular complexity index is 928. The zero-order chi connectivity index (χ0) is 17.9. The van der Waals surface area contributed by atoms with Gasteiger partial charge in [0.1, 0.15) is 5.52 Å². The lowest BCUT2D eigenvalue weighted by Gasteiger charge is -2.14. The number of aromatic nitrogens is 1. The normalized spacial score (nSPS) is 14.1. The number of nitrogens with two attached hydrogens (primary N) is 1. The number of oxazole rings is 1. The highest BCUT2D eigenvalue weighted by Gasteiger charge is 2.18. The Morgan fingerprint density at radius 3 is 2.96 bits per heavy atom. The van der Waals surface area contributed by atoms with E-state index in [1.165, 1.54) is 0 Å². The molecule has 2 aromatic carbocycles. The zero-order valence-corrected chi connectivity index (χ0v) is 14.4. The number of anilines is 2. The molecular weight excluding hydrogens is 328 g/mol. The number of carbonyl (C=O) groups excluding carboxylic acids is 1. The fraction of sp³-hybridized carbons (Fsp3) is 0.250. The molecule has 6 nitrogen and oxygen atoms in total.